The molecule has 3 nitrogen and oxygen atoms in total. The van der Waals surface area contributed by atoms with E-state index in [-0.39, 0.29) is 0 Å². The van der Waals surface area contributed by atoms with Gasteiger partial charge in [-0.15, -0.1) is 0 Å². The van der Waals surface area contributed by atoms with Gasteiger partial charge in [0.2, 0.25) is 0 Å². The third-order valence-corrected chi connectivity index (χ3v) is 3.52. The van der Waals surface area contributed by atoms with E-state index in [0.717, 1.165) is 19.5 Å². The van der Waals surface area contributed by atoms with E-state index in [1.165, 1.54) is 11.3 Å². The van der Waals surface area contributed by atoms with Gasteiger partial charge in [0.15, 0.2) is 0 Å². The fourth-order valence-electron chi connectivity index (χ4n) is 1.96. The number of benzene rings is 1. The van der Waals surface area contributed by atoms with Crippen LogP contribution >= 0.6 is 0 Å². The number of hydrogen-bond donors (Lipinski definition) is 1. The zero-order valence-corrected chi connectivity index (χ0v) is 11.8. The molecule has 1 rings (SSSR count). The fraction of sp³-hybridized carbons (Fsp3) is 0.533. The first kappa shape index (κ1) is 14.5. The standard InChI is InChI=1S/C15H23N3/c1-5-18(11-10-15(3,12-16)17-4)14-9-7-6-8-13(14)2/h6-9,17H,5,10-11H2,1-4H3. The first-order chi connectivity index (χ1) is 8.56. The minimum absolute atomic E-state index is 0.448. The Bertz CT molecular complexity index is 422. The van der Waals surface area contributed by atoms with Crippen molar-refractivity contribution < 1.29 is 0 Å². The second-order valence-electron chi connectivity index (χ2n) is 4.81. The predicted octanol–water partition coefficient (Wildman–Crippen LogP) is 2.71. The number of nitrogens with one attached hydrogen (secondary N) is 1. The van der Waals surface area contributed by atoms with Crippen molar-refractivity contribution in [1.82, 2.24) is 5.32 Å². The number of hydrogen-bond acceptors (Lipinski definition) is 3. The number of aryl methyl sites for hydroxylation is 1. The summed E-state index contributed by atoms with van der Waals surface area (Å²) in [5.41, 5.74) is 2.09. The summed E-state index contributed by atoms with van der Waals surface area (Å²) in [7, 11) is 1.84. The molecule has 0 aromatic heterocycles. The summed E-state index contributed by atoms with van der Waals surface area (Å²) in [6, 6.07) is 10.7. The molecule has 1 aromatic rings. The first-order valence-electron chi connectivity index (χ1n) is 6.47. The van der Waals surface area contributed by atoms with Crippen LogP contribution in [0.1, 0.15) is 25.8 Å². The summed E-state index contributed by atoms with van der Waals surface area (Å²) in [6.07, 6.45) is 0.808. The van der Waals surface area contributed by atoms with Crippen LogP contribution in [-0.2, 0) is 0 Å². The fourth-order valence-corrected chi connectivity index (χ4v) is 1.96. The van der Waals surface area contributed by atoms with Gasteiger partial charge in [0.05, 0.1) is 6.07 Å². The molecule has 1 aromatic carbocycles. The molecule has 0 aliphatic carbocycles. The Hall–Kier alpha value is -1.53. The monoisotopic (exact) mass is 245 g/mol. The van der Waals surface area contributed by atoms with Gasteiger partial charge in [0, 0.05) is 18.8 Å². The van der Waals surface area contributed by atoms with Gasteiger partial charge in [0.25, 0.3) is 0 Å². The van der Waals surface area contributed by atoms with Crippen molar-refractivity contribution in [2.75, 3.05) is 25.0 Å². The molecule has 1 N–H and O–H groups in total. The minimum Gasteiger partial charge on any atom is -0.371 e. The quantitative estimate of drug-likeness (QED) is 0.837. The van der Waals surface area contributed by atoms with E-state index >= 15 is 0 Å². The Balaban J connectivity index is 2.76. The summed E-state index contributed by atoms with van der Waals surface area (Å²) in [4.78, 5) is 2.32. The van der Waals surface area contributed by atoms with Gasteiger partial charge in [-0.2, -0.15) is 5.26 Å². The summed E-state index contributed by atoms with van der Waals surface area (Å²) >= 11 is 0. The molecule has 0 saturated heterocycles. The highest BCUT2D eigenvalue weighted by Gasteiger charge is 2.22. The van der Waals surface area contributed by atoms with E-state index in [2.05, 4.69) is 54.4 Å². The highest BCUT2D eigenvalue weighted by atomic mass is 15.1. The van der Waals surface area contributed by atoms with Gasteiger partial charge >= 0.3 is 0 Å². The van der Waals surface area contributed by atoms with Crippen molar-refractivity contribution in [3.63, 3.8) is 0 Å². The summed E-state index contributed by atoms with van der Waals surface area (Å²) < 4.78 is 0. The van der Waals surface area contributed by atoms with Crippen LogP contribution in [0.25, 0.3) is 0 Å². The van der Waals surface area contributed by atoms with Gasteiger partial charge in [-0.25, -0.2) is 0 Å². The molecule has 0 heterocycles. The molecule has 0 radical (unpaired) electrons. The number of rotatable bonds is 6. The normalized spacial score (nSPS) is 13.7. The lowest BCUT2D eigenvalue weighted by Crippen LogP contribution is -2.41. The Morgan fingerprint density at radius 3 is 2.56 bits per heavy atom. The van der Waals surface area contributed by atoms with Gasteiger partial charge < -0.3 is 10.2 Å². The Morgan fingerprint density at radius 2 is 2.06 bits per heavy atom. The molecule has 0 spiro atoms. The molecule has 98 valence electrons. The summed E-state index contributed by atoms with van der Waals surface area (Å²) in [5.74, 6) is 0. The predicted molar refractivity (Wildman–Crippen MR) is 76.8 cm³/mol. The van der Waals surface area contributed by atoms with E-state index in [1.807, 2.05) is 14.0 Å². The highest BCUT2D eigenvalue weighted by molar-refractivity contribution is 5.52. The minimum atomic E-state index is -0.448. The SMILES string of the molecule is CCN(CCC(C)(C#N)NC)c1ccccc1C. The van der Waals surface area contributed by atoms with Crippen LogP contribution in [0.3, 0.4) is 0 Å². The molecule has 0 saturated carbocycles. The van der Waals surface area contributed by atoms with Crippen molar-refractivity contribution >= 4 is 5.69 Å². The molecule has 0 bridgehead atoms. The maximum absolute atomic E-state index is 9.17. The molecule has 0 aliphatic rings. The van der Waals surface area contributed by atoms with Crippen LogP contribution in [0, 0.1) is 18.3 Å². The van der Waals surface area contributed by atoms with Crippen molar-refractivity contribution in [2.45, 2.75) is 32.7 Å². The third kappa shape index (κ3) is 3.48. The molecule has 0 amide bonds. The van der Waals surface area contributed by atoms with Crippen LogP contribution < -0.4 is 10.2 Å². The second-order valence-corrected chi connectivity index (χ2v) is 4.81. The number of anilines is 1. The number of para-hydroxylation sites is 1. The molecule has 3 heteroatoms. The topological polar surface area (TPSA) is 39.1 Å². The van der Waals surface area contributed by atoms with Crippen molar-refractivity contribution in [3.8, 4) is 6.07 Å². The number of nitriles is 1. The lowest BCUT2D eigenvalue weighted by Gasteiger charge is -2.29. The van der Waals surface area contributed by atoms with E-state index < -0.39 is 5.54 Å². The molecule has 1 unspecified atom stereocenters. The average Bonchev–Trinajstić information content (AvgIpc) is 2.41. The van der Waals surface area contributed by atoms with Crippen LogP contribution in [-0.4, -0.2) is 25.7 Å². The molecule has 0 aliphatic heterocycles. The largest absolute Gasteiger partial charge is 0.371 e. The molecular weight excluding hydrogens is 222 g/mol. The van der Waals surface area contributed by atoms with Crippen LogP contribution in [0.5, 0.6) is 0 Å². The van der Waals surface area contributed by atoms with Gasteiger partial charge in [-0.1, -0.05) is 18.2 Å². The zero-order valence-electron chi connectivity index (χ0n) is 11.8. The summed E-state index contributed by atoms with van der Waals surface area (Å²) in [5, 5.41) is 12.3. The van der Waals surface area contributed by atoms with Crippen LogP contribution in [0.4, 0.5) is 5.69 Å². The third-order valence-electron chi connectivity index (χ3n) is 3.52. The average molecular weight is 245 g/mol. The smallest absolute Gasteiger partial charge is 0.105 e. The van der Waals surface area contributed by atoms with E-state index in [0.29, 0.717) is 0 Å². The van der Waals surface area contributed by atoms with E-state index in [1.54, 1.807) is 0 Å². The molecule has 1 atom stereocenters. The Morgan fingerprint density at radius 1 is 1.39 bits per heavy atom. The second kappa shape index (κ2) is 6.42. The zero-order chi connectivity index (χ0) is 13.6. The first-order valence-corrected chi connectivity index (χ1v) is 6.47. The Labute approximate surface area is 110 Å². The molecular formula is C15H23N3. The van der Waals surface area contributed by atoms with Gasteiger partial charge in [-0.3, -0.25) is 0 Å². The summed E-state index contributed by atoms with van der Waals surface area (Å²) in [6.45, 7) is 8.05. The van der Waals surface area contributed by atoms with Crippen LogP contribution in [0.2, 0.25) is 0 Å². The van der Waals surface area contributed by atoms with E-state index in [9.17, 15) is 0 Å². The van der Waals surface area contributed by atoms with Crippen molar-refractivity contribution in [2.24, 2.45) is 0 Å². The van der Waals surface area contributed by atoms with Crippen molar-refractivity contribution in [3.05, 3.63) is 29.8 Å². The molecule has 0 fully saturated rings. The van der Waals surface area contributed by atoms with Gasteiger partial charge in [-0.05, 0) is 45.9 Å². The maximum atomic E-state index is 9.17. The van der Waals surface area contributed by atoms with Gasteiger partial charge in [0.1, 0.15) is 5.54 Å². The molecule has 18 heavy (non-hydrogen) atoms. The maximum Gasteiger partial charge on any atom is 0.105 e. The van der Waals surface area contributed by atoms with Crippen molar-refractivity contribution in [1.29, 1.82) is 5.26 Å². The van der Waals surface area contributed by atoms with Crippen LogP contribution in [0.15, 0.2) is 24.3 Å². The highest BCUT2D eigenvalue weighted by Crippen LogP contribution is 2.20. The number of nitrogens with zero attached hydrogens (tertiary/aromatic N) is 2. The lowest BCUT2D eigenvalue weighted by molar-refractivity contribution is 0.454. The lowest BCUT2D eigenvalue weighted by atomic mass is 9.99. The van der Waals surface area contributed by atoms with E-state index in [4.69, 9.17) is 5.26 Å². The Kier molecular flexibility index (Phi) is 5.18.